The summed E-state index contributed by atoms with van der Waals surface area (Å²) in [6.07, 6.45) is 2.09. The van der Waals surface area contributed by atoms with Gasteiger partial charge in [-0.3, -0.25) is 19.1 Å². The Morgan fingerprint density at radius 3 is 2.74 bits per heavy atom. The van der Waals surface area contributed by atoms with E-state index in [0.29, 0.717) is 0 Å². The molecule has 0 aliphatic carbocycles. The standard InChI is InChI=1S/C14H11F2N5O5S/c1-21-11-8(12(22)19-14(21)23)5-7(6-18-11)27(24,25)20-10-9(26-13(15)16)3-2-4-17-10/h2-6,13H,1H3,(H,17,20)(H,19,22,23). The van der Waals surface area contributed by atoms with Crippen LogP contribution in [0.1, 0.15) is 0 Å². The van der Waals surface area contributed by atoms with Crippen LogP contribution in [0.15, 0.2) is 45.1 Å². The fraction of sp³-hybridized carbons (Fsp3) is 0.143. The highest BCUT2D eigenvalue weighted by Crippen LogP contribution is 2.25. The summed E-state index contributed by atoms with van der Waals surface area (Å²) in [6.45, 7) is -3.18. The topological polar surface area (TPSA) is 136 Å². The molecule has 0 fully saturated rings. The van der Waals surface area contributed by atoms with Crippen molar-refractivity contribution in [2.75, 3.05) is 4.72 Å². The third-order valence-corrected chi connectivity index (χ3v) is 4.76. The number of halogens is 2. The molecule has 0 unspecified atom stereocenters. The second kappa shape index (κ2) is 6.75. The summed E-state index contributed by atoms with van der Waals surface area (Å²) in [5.41, 5.74) is -1.56. The van der Waals surface area contributed by atoms with Crippen molar-refractivity contribution >= 4 is 26.9 Å². The summed E-state index contributed by atoms with van der Waals surface area (Å²) in [4.78, 5) is 32.6. The summed E-state index contributed by atoms with van der Waals surface area (Å²) in [6, 6.07) is 3.39. The van der Waals surface area contributed by atoms with Crippen molar-refractivity contribution in [3.8, 4) is 5.75 Å². The van der Waals surface area contributed by atoms with Crippen molar-refractivity contribution in [1.82, 2.24) is 19.5 Å². The molecule has 0 atom stereocenters. The number of H-pyrrole nitrogens is 1. The molecular formula is C14H11F2N5O5S. The number of alkyl halides is 2. The second-order valence-electron chi connectivity index (χ2n) is 5.19. The molecule has 0 spiro atoms. The monoisotopic (exact) mass is 399 g/mol. The maximum atomic E-state index is 12.5. The molecule has 3 heterocycles. The Morgan fingerprint density at radius 2 is 2.04 bits per heavy atom. The van der Waals surface area contributed by atoms with Crippen LogP contribution < -0.4 is 20.7 Å². The molecule has 0 saturated heterocycles. The highest BCUT2D eigenvalue weighted by molar-refractivity contribution is 7.92. The minimum absolute atomic E-state index is 0.0257. The number of pyridine rings is 2. The molecule has 10 nitrogen and oxygen atoms in total. The lowest BCUT2D eigenvalue weighted by molar-refractivity contribution is -0.0495. The number of aryl methyl sites for hydroxylation is 1. The van der Waals surface area contributed by atoms with Crippen molar-refractivity contribution in [1.29, 1.82) is 0 Å². The van der Waals surface area contributed by atoms with Crippen LogP contribution in [0.3, 0.4) is 0 Å². The average Bonchev–Trinajstić information content (AvgIpc) is 2.60. The lowest BCUT2D eigenvalue weighted by atomic mass is 10.3. The van der Waals surface area contributed by atoms with E-state index in [4.69, 9.17) is 0 Å². The first kappa shape index (κ1) is 18.4. The van der Waals surface area contributed by atoms with Gasteiger partial charge in [-0.2, -0.15) is 8.78 Å². The summed E-state index contributed by atoms with van der Waals surface area (Å²) in [5, 5.41) is -0.148. The van der Waals surface area contributed by atoms with Crippen LogP contribution in [0.2, 0.25) is 0 Å². The lowest BCUT2D eigenvalue weighted by Gasteiger charge is -2.12. The maximum Gasteiger partial charge on any atom is 0.387 e. The first-order valence-corrected chi connectivity index (χ1v) is 8.69. The number of fused-ring (bicyclic) bond motifs is 1. The van der Waals surface area contributed by atoms with E-state index in [2.05, 4.69) is 14.7 Å². The molecule has 0 bridgehead atoms. The van der Waals surface area contributed by atoms with E-state index in [1.54, 1.807) is 0 Å². The molecule has 0 aliphatic rings. The van der Waals surface area contributed by atoms with Crippen molar-refractivity contribution in [3.63, 3.8) is 0 Å². The zero-order valence-corrected chi connectivity index (χ0v) is 14.3. The largest absolute Gasteiger partial charge is 0.431 e. The molecule has 142 valence electrons. The molecule has 27 heavy (non-hydrogen) atoms. The van der Waals surface area contributed by atoms with Gasteiger partial charge in [0.05, 0.1) is 5.39 Å². The Hall–Kier alpha value is -3.35. The fourth-order valence-electron chi connectivity index (χ4n) is 2.21. The predicted molar refractivity (Wildman–Crippen MR) is 89.3 cm³/mol. The summed E-state index contributed by atoms with van der Waals surface area (Å²) >= 11 is 0. The number of hydrogen-bond acceptors (Lipinski definition) is 7. The normalized spacial score (nSPS) is 11.7. The number of aromatic nitrogens is 4. The molecule has 0 radical (unpaired) electrons. The minimum atomic E-state index is -4.34. The lowest BCUT2D eigenvalue weighted by Crippen LogP contribution is -2.29. The van der Waals surface area contributed by atoms with Crippen LogP contribution in [0.4, 0.5) is 14.6 Å². The second-order valence-corrected chi connectivity index (χ2v) is 6.88. The van der Waals surface area contributed by atoms with Gasteiger partial charge in [-0.15, -0.1) is 0 Å². The zero-order valence-electron chi connectivity index (χ0n) is 13.5. The SMILES string of the molecule is Cn1c(=O)[nH]c(=O)c2cc(S(=O)(=O)Nc3ncccc3OC(F)F)cnc21. The molecule has 0 saturated carbocycles. The first-order chi connectivity index (χ1) is 12.7. The Morgan fingerprint density at radius 1 is 1.30 bits per heavy atom. The van der Waals surface area contributed by atoms with Gasteiger partial charge >= 0.3 is 12.3 Å². The molecule has 0 aromatic carbocycles. The Kier molecular flexibility index (Phi) is 4.61. The molecule has 0 aliphatic heterocycles. The predicted octanol–water partition coefficient (Wildman–Crippen LogP) is 0.419. The van der Waals surface area contributed by atoms with Crippen LogP contribution in [0, 0.1) is 0 Å². The first-order valence-electron chi connectivity index (χ1n) is 7.21. The van der Waals surface area contributed by atoms with Gasteiger partial charge < -0.3 is 4.74 Å². The zero-order chi connectivity index (χ0) is 19.8. The van der Waals surface area contributed by atoms with Crippen molar-refractivity contribution < 1.29 is 21.9 Å². The van der Waals surface area contributed by atoms with Crippen LogP contribution in [0.5, 0.6) is 5.75 Å². The number of aromatic amines is 1. The van der Waals surface area contributed by atoms with Gasteiger partial charge in [0.15, 0.2) is 11.6 Å². The van der Waals surface area contributed by atoms with Gasteiger partial charge in [0.1, 0.15) is 10.5 Å². The Bertz CT molecular complexity index is 1240. The smallest absolute Gasteiger partial charge is 0.387 e. The summed E-state index contributed by atoms with van der Waals surface area (Å²) in [7, 11) is -2.99. The maximum absolute atomic E-state index is 12.5. The fourth-order valence-corrected chi connectivity index (χ4v) is 3.20. The molecule has 13 heteroatoms. The highest BCUT2D eigenvalue weighted by Gasteiger charge is 2.21. The van der Waals surface area contributed by atoms with E-state index in [1.165, 1.54) is 19.3 Å². The number of sulfonamides is 1. The van der Waals surface area contributed by atoms with Crippen LogP contribution in [-0.2, 0) is 17.1 Å². The summed E-state index contributed by atoms with van der Waals surface area (Å²) in [5.74, 6) is -0.947. The van der Waals surface area contributed by atoms with Crippen molar-refractivity contribution in [3.05, 3.63) is 51.4 Å². The van der Waals surface area contributed by atoms with Gasteiger partial charge in [0.2, 0.25) is 0 Å². The van der Waals surface area contributed by atoms with Gasteiger partial charge in [0.25, 0.3) is 15.6 Å². The molecule has 0 amide bonds. The van der Waals surface area contributed by atoms with Crippen LogP contribution >= 0.6 is 0 Å². The number of rotatable bonds is 5. The number of nitrogens with one attached hydrogen (secondary N) is 2. The van der Waals surface area contributed by atoms with Crippen LogP contribution in [0.25, 0.3) is 11.0 Å². The van der Waals surface area contributed by atoms with E-state index in [-0.39, 0.29) is 11.0 Å². The number of hydrogen-bond donors (Lipinski definition) is 2. The van der Waals surface area contributed by atoms with E-state index in [0.717, 1.165) is 22.9 Å². The molecule has 3 rings (SSSR count). The Balaban J connectivity index is 2.06. The van der Waals surface area contributed by atoms with Crippen molar-refractivity contribution in [2.45, 2.75) is 11.5 Å². The van der Waals surface area contributed by atoms with Gasteiger partial charge in [-0.05, 0) is 18.2 Å². The number of nitrogens with zero attached hydrogens (tertiary/aromatic N) is 3. The van der Waals surface area contributed by atoms with E-state index in [1.807, 2.05) is 9.71 Å². The molecular weight excluding hydrogens is 388 g/mol. The molecule has 3 aromatic rings. The van der Waals surface area contributed by atoms with Gasteiger partial charge in [-0.25, -0.2) is 23.2 Å². The van der Waals surface area contributed by atoms with E-state index >= 15 is 0 Å². The average molecular weight is 399 g/mol. The van der Waals surface area contributed by atoms with Crippen molar-refractivity contribution in [2.24, 2.45) is 7.05 Å². The van der Waals surface area contributed by atoms with Gasteiger partial charge in [-0.1, -0.05) is 0 Å². The van der Waals surface area contributed by atoms with E-state index < -0.39 is 44.3 Å². The van der Waals surface area contributed by atoms with E-state index in [9.17, 15) is 26.8 Å². The third kappa shape index (κ3) is 3.62. The summed E-state index contributed by atoms with van der Waals surface area (Å²) < 4.78 is 57.2. The third-order valence-electron chi connectivity index (χ3n) is 3.46. The quantitative estimate of drug-likeness (QED) is 0.634. The molecule has 2 N–H and O–H groups in total. The van der Waals surface area contributed by atoms with Gasteiger partial charge in [0, 0.05) is 19.4 Å². The molecule has 3 aromatic heterocycles. The number of anilines is 1. The number of ether oxygens (including phenoxy) is 1. The van der Waals surface area contributed by atoms with Crippen LogP contribution in [-0.4, -0.2) is 34.5 Å². The minimum Gasteiger partial charge on any atom is -0.431 e. The Labute approximate surface area is 149 Å². The highest BCUT2D eigenvalue weighted by atomic mass is 32.2.